The Kier molecular flexibility index (Phi) is 7.39. The van der Waals surface area contributed by atoms with Gasteiger partial charge in [-0.25, -0.2) is 0 Å². The highest BCUT2D eigenvalue weighted by atomic mass is 16.4. The van der Waals surface area contributed by atoms with Crippen LogP contribution < -0.4 is 5.73 Å². The molecule has 0 fully saturated rings. The van der Waals surface area contributed by atoms with Crippen molar-refractivity contribution < 1.29 is 9.90 Å². The SMILES string of the molecule is CCCCCCCCC(N)(CC)C(=O)O. The van der Waals surface area contributed by atoms with Gasteiger partial charge < -0.3 is 10.8 Å². The third kappa shape index (κ3) is 5.78. The van der Waals surface area contributed by atoms with Crippen LogP contribution in [0.5, 0.6) is 0 Å². The molecule has 0 rings (SSSR count). The van der Waals surface area contributed by atoms with E-state index in [2.05, 4.69) is 6.92 Å². The Morgan fingerprint density at radius 3 is 2.13 bits per heavy atom. The second-order valence-electron chi connectivity index (χ2n) is 4.33. The first kappa shape index (κ1) is 14.4. The van der Waals surface area contributed by atoms with Crippen LogP contribution in [0, 0.1) is 0 Å². The van der Waals surface area contributed by atoms with Crippen molar-refractivity contribution in [2.24, 2.45) is 5.73 Å². The Labute approximate surface area is 93.0 Å². The average molecular weight is 215 g/mol. The average Bonchev–Trinajstić information content (AvgIpc) is 2.22. The number of carboxylic acids is 1. The Bertz CT molecular complexity index is 182. The van der Waals surface area contributed by atoms with E-state index >= 15 is 0 Å². The normalized spacial score (nSPS) is 14.9. The molecule has 1 atom stereocenters. The van der Waals surface area contributed by atoms with Crippen molar-refractivity contribution in [3.05, 3.63) is 0 Å². The number of hydrogen-bond donors (Lipinski definition) is 2. The highest BCUT2D eigenvalue weighted by Crippen LogP contribution is 2.17. The van der Waals surface area contributed by atoms with Crippen molar-refractivity contribution >= 4 is 5.97 Å². The second kappa shape index (κ2) is 7.69. The van der Waals surface area contributed by atoms with E-state index < -0.39 is 11.5 Å². The molecular weight excluding hydrogens is 190 g/mol. The van der Waals surface area contributed by atoms with Crippen LogP contribution in [0.25, 0.3) is 0 Å². The van der Waals surface area contributed by atoms with Gasteiger partial charge in [0.15, 0.2) is 0 Å². The molecule has 0 heterocycles. The van der Waals surface area contributed by atoms with E-state index in [4.69, 9.17) is 10.8 Å². The topological polar surface area (TPSA) is 63.3 Å². The summed E-state index contributed by atoms with van der Waals surface area (Å²) in [7, 11) is 0. The van der Waals surface area contributed by atoms with Gasteiger partial charge in [0, 0.05) is 0 Å². The maximum atomic E-state index is 10.9. The molecule has 0 bridgehead atoms. The van der Waals surface area contributed by atoms with E-state index in [1.54, 1.807) is 0 Å². The lowest BCUT2D eigenvalue weighted by Crippen LogP contribution is -2.47. The van der Waals surface area contributed by atoms with Crippen LogP contribution >= 0.6 is 0 Å². The lowest BCUT2D eigenvalue weighted by atomic mass is 9.90. The molecule has 0 saturated heterocycles. The van der Waals surface area contributed by atoms with Crippen LogP contribution in [0.15, 0.2) is 0 Å². The highest BCUT2D eigenvalue weighted by Gasteiger charge is 2.30. The maximum Gasteiger partial charge on any atom is 0.323 e. The fraction of sp³-hybridized carbons (Fsp3) is 0.917. The second-order valence-corrected chi connectivity index (χ2v) is 4.33. The van der Waals surface area contributed by atoms with Gasteiger partial charge in [0.25, 0.3) is 0 Å². The fourth-order valence-corrected chi connectivity index (χ4v) is 1.66. The molecule has 0 aromatic rings. The molecular formula is C12H25NO2. The molecule has 0 aliphatic carbocycles. The Morgan fingerprint density at radius 1 is 1.13 bits per heavy atom. The minimum absolute atomic E-state index is 0.511. The minimum Gasteiger partial charge on any atom is -0.480 e. The summed E-state index contributed by atoms with van der Waals surface area (Å²) in [6.45, 7) is 4.03. The van der Waals surface area contributed by atoms with Crippen LogP contribution in [0.3, 0.4) is 0 Å². The highest BCUT2D eigenvalue weighted by molar-refractivity contribution is 5.78. The zero-order valence-corrected chi connectivity index (χ0v) is 10.1. The molecule has 0 aromatic heterocycles. The molecule has 0 aromatic carbocycles. The summed E-state index contributed by atoms with van der Waals surface area (Å²) in [6, 6.07) is 0. The molecule has 1 unspecified atom stereocenters. The molecule has 90 valence electrons. The quantitative estimate of drug-likeness (QED) is 0.581. The predicted molar refractivity (Wildman–Crippen MR) is 62.8 cm³/mol. The van der Waals surface area contributed by atoms with Gasteiger partial charge >= 0.3 is 5.97 Å². The summed E-state index contributed by atoms with van der Waals surface area (Å²) in [4.78, 5) is 10.9. The fourth-order valence-electron chi connectivity index (χ4n) is 1.66. The van der Waals surface area contributed by atoms with Crippen LogP contribution in [0.4, 0.5) is 0 Å². The van der Waals surface area contributed by atoms with Crippen molar-refractivity contribution in [3.8, 4) is 0 Å². The molecule has 15 heavy (non-hydrogen) atoms. The first-order chi connectivity index (χ1) is 7.06. The maximum absolute atomic E-state index is 10.9. The van der Waals surface area contributed by atoms with Crippen LogP contribution in [-0.2, 0) is 4.79 Å². The zero-order valence-electron chi connectivity index (χ0n) is 10.1. The van der Waals surface area contributed by atoms with Crippen LogP contribution in [0.1, 0.15) is 65.2 Å². The number of rotatable bonds is 9. The molecule has 0 aliphatic rings. The van der Waals surface area contributed by atoms with Crippen LogP contribution in [-0.4, -0.2) is 16.6 Å². The molecule has 3 nitrogen and oxygen atoms in total. The molecule has 0 radical (unpaired) electrons. The van der Waals surface area contributed by atoms with E-state index in [9.17, 15) is 4.79 Å². The lowest BCUT2D eigenvalue weighted by Gasteiger charge is -2.22. The van der Waals surface area contributed by atoms with E-state index in [-0.39, 0.29) is 0 Å². The summed E-state index contributed by atoms with van der Waals surface area (Å²) in [5, 5.41) is 8.95. The summed E-state index contributed by atoms with van der Waals surface area (Å²) < 4.78 is 0. The van der Waals surface area contributed by atoms with Crippen molar-refractivity contribution in [2.75, 3.05) is 0 Å². The summed E-state index contributed by atoms with van der Waals surface area (Å²) in [6.07, 6.45) is 8.13. The van der Waals surface area contributed by atoms with E-state index in [0.717, 1.165) is 12.8 Å². The number of unbranched alkanes of at least 4 members (excludes halogenated alkanes) is 5. The first-order valence-electron chi connectivity index (χ1n) is 6.09. The third-order valence-corrected chi connectivity index (χ3v) is 3.03. The van der Waals surface area contributed by atoms with E-state index in [0.29, 0.717) is 12.8 Å². The largest absolute Gasteiger partial charge is 0.480 e. The predicted octanol–water partition coefficient (Wildman–Crippen LogP) is 2.93. The van der Waals surface area contributed by atoms with Gasteiger partial charge in [-0.15, -0.1) is 0 Å². The van der Waals surface area contributed by atoms with Crippen LogP contribution in [0.2, 0.25) is 0 Å². The Hall–Kier alpha value is -0.570. The Balaban J connectivity index is 3.60. The van der Waals surface area contributed by atoms with E-state index in [1.165, 1.54) is 25.7 Å². The van der Waals surface area contributed by atoms with E-state index in [1.807, 2.05) is 6.92 Å². The van der Waals surface area contributed by atoms with Crippen molar-refractivity contribution in [2.45, 2.75) is 70.8 Å². The van der Waals surface area contributed by atoms with Gasteiger partial charge in [-0.05, 0) is 12.8 Å². The molecule has 0 saturated carbocycles. The van der Waals surface area contributed by atoms with Gasteiger partial charge in [0.1, 0.15) is 5.54 Å². The number of hydrogen-bond acceptors (Lipinski definition) is 2. The number of carbonyl (C=O) groups is 1. The van der Waals surface area contributed by atoms with Gasteiger partial charge in [0.2, 0.25) is 0 Å². The molecule has 0 amide bonds. The van der Waals surface area contributed by atoms with Gasteiger partial charge in [-0.1, -0.05) is 52.4 Å². The monoisotopic (exact) mass is 215 g/mol. The molecule has 3 heteroatoms. The number of aliphatic carboxylic acids is 1. The number of carboxylic acid groups (broad SMARTS) is 1. The Morgan fingerprint density at radius 2 is 1.67 bits per heavy atom. The summed E-state index contributed by atoms with van der Waals surface area (Å²) in [5.74, 6) is -0.862. The van der Waals surface area contributed by atoms with Gasteiger partial charge in [-0.2, -0.15) is 0 Å². The summed E-state index contributed by atoms with van der Waals surface area (Å²) >= 11 is 0. The van der Waals surface area contributed by atoms with Crippen molar-refractivity contribution in [1.82, 2.24) is 0 Å². The number of nitrogens with two attached hydrogens (primary N) is 1. The van der Waals surface area contributed by atoms with Gasteiger partial charge in [0.05, 0.1) is 0 Å². The third-order valence-electron chi connectivity index (χ3n) is 3.03. The lowest BCUT2D eigenvalue weighted by molar-refractivity contribution is -0.143. The van der Waals surface area contributed by atoms with Gasteiger partial charge in [-0.3, -0.25) is 4.79 Å². The first-order valence-corrected chi connectivity index (χ1v) is 6.09. The van der Waals surface area contributed by atoms with Crippen molar-refractivity contribution in [3.63, 3.8) is 0 Å². The zero-order chi connectivity index (χ0) is 11.7. The smallest absolute Gasteiger partial charge is 0.323 e. The molecule has 3 N–H and O–H groups in total. The standard InChI is InChI=1S/C12H25NO2/c1-3-5-6-7-8-9-10-12(13,4-2)11(14)15/h3-10,13H2,1-2H3,(H,14,15). The van der Waals surface area contributed by atoms with Crippen molar-refractivity contribution in [1.29, 1.82) is 0 Å². The summed E-state index contributed by atoms with van der Waals surface area (Å²) in [5.41, 5.74) is 4.79. The minimum atomic E-state index is -0.995. The molecule has 0 spiro atoms. The molecule has 0 aliphatic heterocycles.